The van der Waals surface area contributed by atoms with E-state index in [-0.39, 0.29) is 0 Å². The molecule has 0 amide bonds. The summed E-state index contributed by atoms with van der Waals surface area (Å²) in [7, 11) is 0. The standard InChI is InChI=1S/C37H26N2S/c1-3-11-30(12-4-1)39(31-13-5-2-6-14-31)32-25-23-28(24-26-32)34-16-8-7-15-33(34)27-19-21-29(22-20-27)37-38-35-17-9-10-18-36(35)40-37/h1-26H. The van der Waals surface area contributed by atoms with Gasteiger partial charge < -0.3 is 4.90 Å². The summed E-state index contributed by atoms with van der Waals surface area (Å²) >= 11 is 1.74. The number of hydrogen-bond acceptors (Lipinski definition) is 3. The zero-order chi connectivity index (χ0) is 26.7. The Balaban J connectivity index is 1.22. The lowest BCUT2D eigenvalue weighted by molar-refractivity contribution is 1.28. The Morgan fingerprint density at radius 1 is 0.400 bits per heavy atom. The van der Waals surface area contributed by atoms with Crippen LogP contribution in [0.1, 0.15) is 0 Å². The van der Waals surface area contributed by atoms with Crippen molar-refractivity contribution < 1.29 is 0 Å². The summed E-state index contributed by atoms with van der Waals surface area (Å²) in [5.41, 5.74) is 10.4. The number of anilines is 3. The fraction of sp³-hybridized carbons (Fsp3) is 0. The molecule has 0 aliphatic carbocycles. The van der Waals surface area contributed by atoms with Crippen LogP contribution in [0, 0.1) is 0 Å². The first-order valence-electron chi connectivity index (χ1n) is 13.4. The molecule has 3 heteroatoms. The molecule has 0 bridgehead atoms. The minimum atomic E-state index is 1.05. The summed E-state index contributed by atoms with van der Waals surface area (Å²) in [5, 5.41) is 1.05. The highest BCUT2D eigenvalue weighted by Crippen LogP contribution is 2.38. The molecule has 7 aromatic rings. The number of aromatic nitrogens is 1. The summed E-state index contributed by atoms with van der Waals surface area (Å²) in [4.78, 5) is 7.12. The third-order valence-electron chi connectivity index (χ3n) is 7.13. The zero-order valence-corrected chi connectivity index (χ0v) is 22.6. The lowest BCUT2D eigenvalue weighted by Crippen LogP contribution is -2.09. The molecule has 2 nitrogen and oxygen atoms in total. The van der Waals surface area contributed by atoms with Gasteiger partial charge in [-0.1, -0.05) is 109 Å². The van der Waals surface area contributed by atoms with Crippen molar-refractivity contribution in [2.45, 2.75) is 0 Å². The molecule has 0 N–H and O–H groups in total. The number of para-hydroxylation sites is 3. The van der Waals surface area contributed by atoms with Crippen LogP contribution in [-0.4, -0.2) is 4.98 Å². The molecule has 0 radical (unpaired) electrons. The molecule has 0 saturated heterocycles. The quantitative estimate of drug-likeness (QED) is 0.213. The summed E-state index contributed by atoms with van der Waals surface area (Å²) < 4.78 is 1.22. The van der Waals surface area contributed by atoms with Gasteiger partial charge in [-0.25, -0.2) is 4.98 Å². The summed E-state index contributed by atoms with van der Waals surface area (Å²) in [6.45, 7) is 0. The van der Waals surface area contributed by atoms with Gasteiger partial charge in [-0.15, -0.1) is 11.3 Å². The van der Waals surface area contributed by atoms with E-state index in [1.165, 1.54) is 27.0 Å². The predicted octanol–water partition coefficient (Wildman–Crippen LogP) is 10.8. The number of rotatable bonds is 6. The fourth-order valence-electron chi connectivity index (χ4n) is 5.17. The van der Waals surface area contributed by atoms with Crippen LogP contribution in [0.25, 0.3) is 43.0 Å². The van der Waals surface area contributed by atoms with E-state index in [2.05, 4.69) is 157 Å². The summed E-state index contributed by atoms with van der Waals surface area (Å²) in [6, 6.07) is 55.6. The molecular weight excluding hydrogens is 504 g/mol. The van der Waals surface area contributed by atoms with Crippen molar-refractivity contribution in [1.29, 1.82) is 0 Å². The third-order valence-corrected chi connectivity index (χ3v) is 8.21. The van der Waals surface area contributed by atoms with E-state index < -0.39 is 0 Å². The smallest absolute Gasteiger partial charge is 0.124 e. The molecule has 0 fully saturated rings. The number of thiazole rings is 1. The molecule has 40 heavy (non-hydrogen) atoms. The van der Waals surface area contributed by atoms with Crippen molar-refractivity contribution in [1.82, 2.24) is 4.98 Å². The van der Waals surface area contributed by atoms with Gasteiger partial charge in [0.1, 0.15) is 5.01 Å². The molecule has 1 heterocycles. The lowest BCUT2D eigenvalue weighted by Gasteiger charge is -2.25. The van der Waals surface area contributed by atoms with Crippen LogP contribution in [0.5, 0.6) is 0 Å². The Morgan fingerprint density at radius 2 is 0.850 bits per heavy atom. The largest absolute Gasteiger partial charge is 0.311 e. The second kappa shape index (κ2) is 10.6. The molecule has 0 aliphatic heterocycles. The molecule has 1 aromatic heterocycles. The molecule has 6 aromatic carbocycles. The minimum absolute atomic E-state index is 1.05. The van der Waals surface area contributed by atoms with Crippen LogP contribution in [0.2, 0.25) is 0 Å². The minimum Gasteiger partial charge on any atom is -0.311 e. The fourth-order valence-corrected chi connectivity index (χ4v) is 6.14. The molecule has 0 aliphatic rings. The second-order valence-electron chi connectivity index (χ2n) is 9.66. The van der Waals surface area contributed by atoms with E-state index >= 15 is 0 Å². The van der Waals surface area contributed by atoms with E-state index in [1.54, 1.807) is 11.3 Å². The number of hydrogen-bond donors (Lipinski definition) is 0. The summed E-state index contributed by atoms with van der Waals surface area (Å²) in [6.07, 6.45) is 0. The topological polar surface area (TPSA) is 16.1 Å². The van der Waals surface area contributed by atoms with Gasteiger partial charge in [0.15, 0.2) is 0 Å². The van der Waals surface area contributed by atoms with Crippen LogP contribution in [-0.2, 0) is 0 Å². The monoisotopic (exact) mass is 530 g/mol. The van der Waals surface area contributed by atoms with Crippen molar-refractivity contribution in [3.05, 3.63) is 158 Å². The van der Waals surface area contributed by atoms with Crippen LogP contribution >= 0.6 is 11.3 Å². The van der Waals surface area contributed by atoms with Crippen molar-refractivity contribution in [3.63, 3.8) is 0 Å². The maximum atomic E-state index is 4.83. The molecule has 0 unspecified atom stereocenters. The highest BCUT2D eigenvalue weighted by Gasteiger charge is 2.13. The summed E-state index contributed by atoms with van der Waals surface area (Å²) in [5.74, 6) is 0. The Hall–Kier alpha value is -4.99. The van der Waals surface area contributed by atoms with E-state index in [0.29, 0.717) is 0 Å². The first-order valence-corrected chi connectivity index (χ1v) is 14.2. The number of benzene rings is 6. The van der Waals surface area contributed by atoms with E-state index in [9.17, 15) is 0 Å². The van der Waals surface area contributed by atoms with E-state index in [1.807, 2.05) is 6.07 Å². The normalized spacial score (nSPS) is 11.0. The van der Waals surface area contributed by atoms with Crippen LogP contribution in [0.4, 0.5) is 17.1 Å². The highest BCUT2D eigenvalue weighted by molar-refractivity contribution is 7.21. The average molecular weight is 531 g/mol. The van der Waals surface area contributed by atoms with Crippen molar-refractivity contribution in [3.8, 4) is 32.8 Å². The maximum Gasteiger partial charge on any atom is 0.124 e. The number of nitrogens with zero attached hydrogens (tertiary/aromatic N) is 2. The molecule has 0 atom stereocenters. The molecule has 0 saturated carbocycles. The third kappa shape index (κ3) is 4.68. The van der Waals surface area contributed by atoms with Crippen molar-refractivity contribution >= 4 is 38.6 Å². The predicted molar refractivity (Wildman–Crippen MR) is 171 cm³/mol. The van der Waals surface area contributed by atoms with Crippen molar-refractivity contribution in [2.24, 2.45) is 0 Å². The van der Waals surface area contributed by atoms with Gasteiger partial charge in [0, 0.05) is 22.6 Å². The van der Waals surface area contributed by atoms with Gasteiger partial charge in [0.2, 0.25) is 0 Å². The average Bonchev–Trinajstić information content (AvgIpc) is 3.47. The van der Waals surface area contributed by atoms with Crippen LogP contribution in [0.15, 0.2) is 158 Å². The van der Waals surface area contributed by atoms with Gasteiger partial charge >= 0.3 is 0 Å². The highest BCUT2D eigenvalue weighted by atomic mass is 32.1. The molecule has 7 rings (SSSR count). The Kier molecular flexibility index (Phi) is 6.41. The first kappa shape index (κ1) is 24.1. The molecular formula is C37H26N2S. The first-order chi connectivity index (χ1) is 19.8. The van der Waals surface area contributed by atoms with Crippen molar-refractivity contribution in [2.75, 3.05) is 4.90 Å². The van der Waals surface area contributed by atoms with Crippen LogP contribution in [0.3, 0.4) is 0 Å². The van der Waals surface area contributed by atoms with Gasteiger partial charge in [-0.2, -0.15) is 0 Å². The second-order valence-corrected chi connectivity index (χ2v) is 10.7. The Morgan fingerprint density at radius 3 is 1.43 bits per heavy atom. The van der Waals surface area contributed by atoms with Gasteiger partial charge in [-0.3, -0.25) is 0 Å². The number of fused-ring (bicyclic) bond motifs is 1. The van der Waals surface area contributed by atoms with Gasteiger partial charge in [0.25, 0.3) is 0 Å². The zero-order valence-electron chi connectivity index (χ0n) is 21.8. The lowest BCUT2D eigenvalue weighted by atomic mass is 9.94. The van der Waals surface area contributed by atoms with Gasteiger partial charge in [0.05, 0.1) is 10.2 Å². The maximum absolute atomic E-state index is 4.83. The molecule has 0 spiro atoms. The van der Waals surface area contributed by atoms with E-state index in [0.717, 1.165) is 33.1 Å². The van der Waals surface area contributed by atoms with Gasteiger partial charge in [-0.05, 0) is 70.8 Å². The Bertz CT molecular complexity index is 1800. The Labute approximate surface area is 238 Å². The molecule has 190 valence electrons. The van der Waals surface area contributed by atoms with E-state index in [4.69, 9.17) is 4.98 Å². The van der Waals surface area contributed by atoms with Crippen LogP contribution < -0.4 is 4.90 Å². The SMILES string of the molecule is c1ccc(N(c2ccccc2)c2ccc(-c3ccccc3-c3ccc(-c4nc5ccccc5s4)cc3)cc2)cc1.